The molecule has 1 aliphatic heterocycles. The van der Waals surface area contributed by atoms with Crippen LogP contribution in [0.2, 0.25) is 0 Å². The predicted molar refractivity (Wildman–Crippen MR) is 167 cm³/mol. The van der Waals surface area contributed by atoms with E-state index < -0.39 is 23.5 Å². The highest BCUT2D eigenvalue weighted by atomic mass is 19.1. The van der Waals surface area contributed by atoms with E-state index in [9.17, 15) is 19.4 Å². The molecule has 5 rings (SSSR count). The third-order valence-corrected chi connectivity index (χ3v) is 7.86. The van der Waals surface area contributed by atoms with Crippen molar-refractivity contribution in [1.82, 2.24) is 14.6 Å². The fourth-order valence-electron chi connectivity index (χ4n) is 5.64. The minimum atomic E-state index is -1.27. The van der Waals surface area contributed by atoms with E-state index in [1.807, 2.05) is 51.1 Å². The first-order valence-corrected chi connectivity index (χ1v) is 14.7. The Bertz CT molecular complexity index is 1700. The van der Waals surface area contributed by atoms with Crippen LogP contribution in [0.15, 0.2) is 61.2 Å². The molecule has 1 saturated heterocycles. The summed E-state index contributed by atoms with van der Waals surface area (Å²) in [6, 6.07) is 13.2. The number of halogens is 1. The summed E-state index contributed by atoms with van der Waals surface area (Å²) in [6.45, 7) is 14.8. The number of phenolic OH excluding ortho intramolecular Hbond substituents is 1. The number of carbonyl (C=O) groups is 1. The molecule has 1 aliphatic rings. The Morgan fingerprint density at radius 2 is 1.86 bits per heavy atom. The molecule has 3 heterocycles. The van der Waals surface area contributed by atoms with Gasteiger partial charge >= 0.3 is 5.97 Å². The molecule has 0 amide bonds. The van der Waals surface area contributed by atoms with Gasteiger partial charge in [0.1, 0.15) is 17.4 Å². The minimum absolute atomic E-state index is 0.158. The number of aromatic nitrogens is 3. The van der Waals surface area contributed by atoms with Crippen LogP contribution in [0.4, 0.5) is 10.2 Å². The highest BCUT2D eigenvalue weighted by Gasteiger charge is 2.37. The molecule has 2 aromatic carbocycles. The lowest BCUT2D eigenvalue weighted by Crippen LogP contribution is -2.45. The number of nitrogens with zero attached hydrogens (tertiary/aromatic N) is 4. The van der Waals surface area contributed by atoms with Crippen LogP contribution in [0.1, 0.15) is 57.9 Å². The molecule has 2 aromatic heterocycles. The molecule has 1 atom stereocenters. The Hall–Kier alpha value is -4.28. The van der Waals surface area contributed by atoms with E-state index in [0.29, 0.717) is 59.2 Å². The molecular weight excluding hydrogens is 563 g/mol. The Balaban J connectivity index is 1.64. The number of aromatic hydroxyl groups is 1. The zero-order valence-corrected chi connectivity index (χ0v) is 25.8. The molecule has 0 aliphatic carbocycles. The van der Waals surface area contributed by atoms with Gasteiger partial charge in [-0.3, -0.25) is 0 Å². The van der Waals surface area contributed by atoms with E-state index in [-0.39, 0.29) is 11.4 Å². The molecule has 232 valence electrons. The number of rotatable bonds is 9. The lowest BCUT2D eigenvalue weighted by molar-refractivity contribution is -0.160. The van der Waals surface area contributed by atoms with E-state index >= 15 is 0 Å². The highest BCUT2D eigenvalue weighted by Crippen LogP contribution is 2.39. The van der Waals surface area contributed by atoms with Crippen molar-refractivity contribution in [3.8, 4) is 28.1 Å². The van der Waals surface area contributed by atoms with Crippen molar-refractivity contribution in [1.29, 1.82) is 0 Å². The molecule has 9 nitrogen and oxygen atoms in total. The number of carboxylic acid groups (broad SMARTS) is 1. The number of fused-ring (bicyclic) bond motifs is 1. The van der Waals surface area contributed by atoms with Crippen molar-refractivity contribution in [2.45, 2.75) is 64.8 Å². The number of phenols is 1. The largest absolute Gasteiger partial charge is 0.507 e. The Labute approximate surface area is 256 Å². The molecule has 4 aromatic rings. The third kappa shape index (κ3) is 6.46. The molecule has 0 saturated carbocycles. The summed E-state index contributed by atoms with van der Waals surface area (Å²) < 4.78 is 27.5. The fourth-order valence-corrected chi connectivity index (χ4v) is 5.64. The lowest BCUT2D eigenvalue weighted by atomic mass is 9.92. The molecule has 10 heteroatoms. The van der Waals surface area contributed by atoms with Crippen molar-refractivity contribution < 1.29 is 28.9 Å². The number of benzene rings is 2. The number of aryl methyl sites for hydroxylation is 1. The molecule has 2 N–H and O–H groups in total. The number of hydrogen-bond donors (Lipinski definition) is 2. The van der Waals surface area contributed by atoms with Gasteiger partial charge < -0.3 is 24.6 Å². The van der Waals surface area contributed by atoms with E-state index in [1.165, 1.54) is 12.1 Å². The summed E-state index contributed by atoms with van der Waals surface area (Å²) in [6.07, 6.45) is 1.91. The van der Waals surface area contributed by atoms with Gasteiger partial charge in [0.05, 0.1) is 29.1 Å². The summed E-state index contributed by atoms with van der Waals surface area (Å²) in [7, 11) is 0. The summed E-state index contributed by atoms with van der Waals surface area (Å²) >= 11 is 0. The number of aliphatic carboxylic acids is 1. The van der Waals surface area contributed by atoms with Crippen LogP contribution in [0.25, 0.3) is 28.0 Å². The van der Waals surface area contributed by atoms with Crippen LogP contribution >= 0.6 is 0 Å². The van der Waals surface area contributed by atoms with E-state index in [2.05, 4.69) is 18.4 Å². The minimum Gasteiger partial charge on any atom is -0.507 e. The second kappa shape index (κ2) is 12.0. The maximum Gasteiger partial charge on any atom is 0.337 e. The Morgan fingerprint density at radius 1 is 1.16 bits per heavy atom. The number of carboxylic acids is 1. The van der Waals surface area contributed by atoms with Crippen LogP contribution in [0.5, 0.6) is 5.75 Å². The Kier molecular flexibility index (Phi) is 8.51. The Morgan fingerprint density at radius 3 is 2.50 bits per heavy atom. The zero-order valence-electron chi connectivity index (χ0n) is 25.8. The molecule has 44 heavy (non-hydrogen) atoms. The van der Waals surface area contributed by atoms with Crippen molar-refractivity contribution >= 4 is 17.4 Å². The molecule has 0 spiro atoms. The molecule has 0 bridgehead atoms. The molecule has 0 radical (unpaired) electrons. The first-order chi connectivity index (χ1) is 20.8. The average molecular weight is 603 g/mol. The topological polar surface area (TPSA) is 109 Å². The predicted octanol–water partition coefficient (Wildman–Crippen LogP) is 6.72. The number of piperidine rings is 1. The average Bonchev–Trinajstić information content (AvgIpc) is 3.38. The normalized spacial score (nSPS) is 15.8. The second-order valence-corrected chi connectivity index (χ2v) is 12.5. The summed E-state index contributed by atoms with van der Waals surface area (Å²) in [5.41, 5.74) is 3.04. The van der Waals surface area contributed by atoms with Gasteiger partial charge in [-0.25, -0.2) is 14.2 Å². The van der Waals surface area contributed by atoms with Crippen molar-refractivity contribution in [3.63, 3.8) is 0 Å². The summed E-state index contributed by atoms with van der Waals surface area (Å²) in [5, 5.41) is 25.7. The SMILES string of the molecule is C=CCOC1(C)CCN(c2c(C(OC(C)(C)C)C(=O)O)c(C)nc3cc(-c4cccc(-c5ccc(F)cc5O)c4)nn23)CC1. The van der Waals surface area contributed by atoms with Crippen LogP contribution in [0, 0.1) is 12.7 Å². The van der Waals surface area contributed by atoms with Crippen LogP contribution in [-0.2, 0) is 14.3 Å². The maximum absolute atomic E-state index is 13.6. The van der Waals surface area contributed by atoms with Gasteiger partial charge in [0.15, 0.2) is 11.8 Å². The first-order valence-electron chi connectivity index (χ1n) is 14.7. The van der Waals surface area contributed by atoms with E-state index in [0.717, 1.165) is 24.5 Å². The quantitative estimate of drug-likeness (QED) is 0.203. The molecular formula is C34H39FN4O5. The summed E-state index contributed by atoms with van der Waals surface area (Å²) in [5.74, 6) is -1.17. The van der Waals surface area contributed by atoms with Crippen LogP contribution in [0.3, 0.4) is 0 Å². The van der Waals surface area contributed by atoms with Gasteiger partial charge in [-0.1, -0.05) is 24.3 Å². The lowest BCUT2D eigenvalue weighted by Gasteiger charge is -2.41. The molecule has 1 unspecified atom stereocenters. The van der Waals surface area contributed by atoms with Crippen molar-refractivity contribution in [3.05, 3.63) is 78.3 Å². The van der Waals surface area contributed by atoms with Crippen LogP contribution < -0.4 is 4.90 Å². The van der Waals surface area contributed by atoms with Gasteiger partial charge in [-0.2, -0.15) is 9.61 Å². The molecule has 1 fully saturated rings. The number of anilines is 1. The first kappa shape index (κ1) is 31.2. The summed E-state index contributed by atoms with van der Waals surface area (Å²) in [4.78, 5) is 19.6. The van der Waals surface area contributed by atoms with Gasteiger partial charge in [0, 0.05) is 42.0 Å². The van der Waals surface area contributed by atoms with Crippen molar-refractivity contribution in [2.24, 2.45) is 0 Å². The van der Waals surface area contributed by atoms with E-state index in [4.69, 9.17) is 19.6 Å². The number of hydrogen-bond acceptors (Lipinski definition) is 7. The van der Waals surface area contributed by atoms with Crippen LogP contribution in [-0.4, -0.2) is 61.7 Å². The van der Waals surface area contributed by atoms with Gasteiger partial charge in [-0.05, 0) is 71.2 Å². The third-order valence-electron chi connectivity index (χ3n) is 7.86. The van der Waals surface area contributed by atoms with Gasteiger partial charge in [0.2, 0.25) is 0 Å². The standard InChI is InChI=1S/C34H39FN4O5/c1-7-17-43-34(6)13-15-38(16-14-34)31-29(30(32(41)42)44-33(3,4)5)21(2)36-28-20-26(37-39(28)31)23-10-8-9-22(18-23)25-12-11-24(35)19-27(25)40/h7-12,18-20,30,40H,1,13-17H2,2-6H3,(H,41,42). The van der Waals surface area contributed by atoms with E-state index in [1.54, 1.807) is 17.5 Å². The highest BCUT2D eigenvalue weighted by molar-refractivity contribution is 5.80. The van der Waals surface area contributed by atoms with Gasteiger partial charge in [-0.15, -0.1) is 6.58 Å². The zero-order chi connectivity index (χ0) is 31.8. The number of ether oxygens (including phenoxy) is 2. The van der Waals surface area contributed by atoms with Gasteiger partial charge in [0.25, 0.3) is 0 Å². The second-order valence-electron chi connectivity index (χ2n) is 12.5. The fraction of sp³-hybridized carbons (Fsp3) is 0.382. The smallest absolute Gasteiger partial charge is 0.337 e. The van der Waals surface area contributed by atoms with Crippen molar-refractivity contribution in [2.75, 3.05) is 24.6 Å². The monoisotopic (exact) mass is 602 g/mol. The maximum atomic E-state index is 13.6.